The van der Waals surface area contributed by atoms with Gasteiger partial charge in [-0.3, -0.25) is 0 Å². The highest BCUT2D eigenvalue weighted by Crippen LogP contribution is 2.34. The van der Waals surface area contributed by atoms with Gasteiger partial charge in [0.05, 0.1) is 24.9 Å². The molecule has 3 aromatic rings. The van der Waals surface area contributed by atoms with E-state index in [-0.39, 0.29) is 16.7 Å². The summed E-state index contributed by atoms with van der Waals surface area (Å²) in [5, 5.41) is 5.88. The minimum absolute atomic E-state index is 0.0245. The summed E-state index contributed by atoms with van der Waals surface area (Å²) in [5.41, 5.74) is 6.07. The number of hydrogen-bond acceptors (Lipinski definition) is 5. The van der Waals surface area contributed by atoms with Gasteiger partial charge in [0.2, 0.25) is 10.0 Å². The number of rotatable bonds is 7. The average Bonchev–Trinajstić information content (AvgIpc) is 3.28. The minimum atomic E-state index is -4.01. The van der Waals surface area contributed by atoms with Crippen LogP contribution in [-0.2, 0) is 10.0 Å². The number of sulfonamides is 1. The van der Waals surface area contributed by atoms with Crippen molar-refractivity contribution in [3.63, 3.8) is 0 Å². The van der Waals surface area contributed by atoms with Crippen molar-refractivity contribution in [2.24, 2.45) is 5.10 Å². The van der Waals surface area contributed by atoms with E-state index in [1.807, 2.05) is 19.1 Å². The van der Waals surface area contributed by atoms with E-state index >= 15 is 0 Å². The van der Waals surface area contributed by atoms with Crippen LogP contribution >= 0.6 is 34.8 Å². The predicted octanol–water partition coefficient (Wildman–Crippen LogP) is 6.07. The zero-order valence-corrected chi connectivity index (χ0v) is 21.4. The van der Waals surface area contributed by atoms with Crippen molar-refractivity contribution in [2.45, 2.75) is 30.3 Å². The maximum atomic E-state index is 13.5. The lowest BCUT2D eigenvalue weighted by atomic mass is 9.96. The Labute approximate surface area is 213 Å². The molecule has 0 radical (unpaired) electrons. The zero-order valence-electron chi connectivity index (χ0n) is 18.3. The van der Waals surface area contributed by atoms with Crippen molar-refractivity contribution in [1.82, 2.24) is 10.1 Å². The average molecular weight is 539 g/mol. The van der Waals surface area contributed by atoms with Crippen LogP contribution in [0.5, 0.6) is 5.75 Å². The Hall–Kier alpha value is -2.29. The van der Waals surface area contributed by atoms with Gasteiger partial charge in [0.1, 0.15) is 10.6 Å². The molecule has 0 bridgehead atoms. The molecule has 2 unspecified atom stereocenters. The maximum absolute atomic E-state index is 13.5. The van der Waals surface area contributed by atoms with Crippen molar-refractivity contribution < 1.29 is 13.2 Å². The second-order valence-electron chi connectivity index (χ2n) is 7.91. The molecule has 2 N–H and O–H groups in total. The summed E-state index contributed by atoms with van der Waals surface area (Å²) in [7, 11) is -2.58. The molecule has 6 nitrogen and oxygen atoms in total. The second kappa shape index (κ2) is 10.1. The van der Waals surface area contributed by atoms with E-state index in [2.05, 4.69) is 15.2 Å². The maximum Gasteiger partial charge on any atom is 0.245 e. The number of methoxy groups -OCH3 is 1. The number of hydrazone groups is 1. The molecule has 0 aliphatic carbocycles. The van der Waals surface area contributed by atoms with E-state index in [1.165, 1.54) is 13.2 Å². The topological polar surface area (TPSA) is 79.8 Å². The molecule has 1 heterocycles. The molecule has 4 rings (SSSR count). The molecule has 2 atom stereocenters. The third kappa shape index (κ3) is 5.34. The van der Waals surface area contributed by atoms with Crippen LogP contribution < -0.4 is 14.9 Å². The molecule has 0 spiro atoms. The largest absolute Gasteiger partial charge is 0.495 e. The fourth-order valence-electron chi connectivity index (χ4n) is 3.79. The molecule has 0 amide bonds. The summed E-state index contributed by atoms with van der Waals surface area (Å²) < 4.78 is 35.1. The molecular weight excluding hydrogens is 517 g/mol. The van der Waals surface area contributed by atoms with Crippen LogP contribution in [-0.4, -0.2) is 21.2 Å². The number of aryl methyl sites for hydroxylation is 1. The predicted molar refractivity (Wildman–Crippen MR) is 137 cm³/mol. The van der Waals surface area contributed by atoms with Crippen LogP contribution in [0, 0.1) is 6.92 Å². The Bertz CT molecular complexity index is 1350. The van der Waals surface area contributed by atoms with Gasteiger partial charge in [-0.25, -0.2) is 8.42 Å². The molecule has 0 fully saturated rings. The lowest BCUT2D eigenvalue weighted by Gasteiger charge is -2.21. The summed E-state index contributed by atoms with van der Waals surface area (Å²) in [6, 6.07) is 16.3. The summed E-state index contributed by atoms with van der Waals surface area (Å²) in [6.45, 7) is 1.86. The van der Waals surface area contributed by atoms with Crippen molar-refractivity contribution in [3.8, 4) is 5.75 Å². The molecule has 0 aromatic heterocycles. The van der Waals surface area contributed by atoms with Crippen LogP contribution in [0.4, 0.5) is 0 Å². The first-order valence-electron chi connectivity index (χ1n) is 10.4. The fraction of sp³-hybridized carbons (Fsp3) is 0.208. The molecule has 0 saturated carbocycles. The van der Waals surface area contributed by atoms with Crippen molar-refractivity contribution >= 4 is 50.5 Å². The SMILES string of the molecule is COc1cc(C)ccc1S(=O)(=O)NC(C1=NNC(c2ccc(Cl)cc2)C1)c1ccc(Cl)cc1Cl. The Morgan fingerprint density at radius 3 is 2.41 bits per heavy atom. The van der Waals surface area contributed by atoms with Crippen LogP contribution in [0.2, 0.25) is 15.1 Å². The first kappa shape index (κ1) is 24.8. The van der Waals surface area contributed by atoms with Crippen LogP contribution in [0.1, 0.15) is 35.2 Å². The van der Waals surface area contributed by atoms with E-state index < -0.39 is 16.1 Å². The van der Waals surface area contributed by atoms with Gasteiger partial charge in [-0.1, -0.05) is 59.1 Å². The first-order valence-corrected chi connectivity index (χ1v) is 13.0. The van der Waals surface area contributed by atoms with E-state index in [0.29, 0.717) is 32.8 Å². The van der Waals surface area contributed by atoms with Gasteiger partial charge in [-0.15, -0.1) is 0 Å². The fourth-order valence-corrected chi connectivity index (χ4v) is 5.79. The molecule has 178 valence electrons. The standard InChI is InChI=1S/C24H22Cl3N3O3S/c1-14-3-10-23(22(11-14)33-2)34(31,32)30-24(18-9-8-17(26)12-19(18)27)21-13-20(28-29-21)15-4-6-16(25)7-5-15/h3-12,20,24,28,30H,13H2,1-2H3. The summed E-state index contributed by atoms with van der Waals surface area (Å²) in [6.07, 6.45) is 0.457. The molecule has 0 saturated heterocycles. The van der Waals surface area contributed by atoms with E-state index in [9.17, 15) is 8.42 Å². The van der Waals surface area contributed by atoms with Crippen molar-refractivity contribution in [3.05, 3.63) is 92.4 Å². The Balaban J connectivity index is 1.70. The van der Waals surface area contributed by atoms with Gasteiger partial charge in [-0.2, -0.15) is 9.82 Å². The number of nitrogens with one attached hydrogen (secondary N) is 2. The van der Waals surface area contributed by atoms with E-state index in [4.69, 9.17) is 39.5 Å². The van der Waals surface area contributed by atoms with Gasteiger partial charge < -0.3 is 10.2 Å². The highest BCUT2D eigenvalue weighted by atomic mass is 35.5. The van der Waals surface area contributed by atoms with Gasteiger partial charge in [0.15, 0.2) is 0 Å². The van der Waals surface area contributed by atoms with Crippen LogP contribution in [0.25, 0.3) is 0 Å². The quantitative estimate of drug-likeness (QED) is 0.382. The van der Waals surface area contributed by atoms with Gasteiger partial charge >= 0.3 is 0 Å². The molecular formula is C24H22Cl3N3O3S. The molecule has 1 aliphatic rings. The third-order valence-electron chi connectivity index (χ3n) is 5.54. The molecule has 34 heavy (non-hydrogen) atoms. The number of benzene rings is 3. The molecule has 1 aliphatic heterocycles. The smallest absolute Gasteiger partial charge is 0.245 e. The Kier molecular flexibility index (Phi) is 7.40. The lowest BCUT2D eigenvalue weighted by Crippen LogP contribution is -2.34. The van der Waals surface area contributed by atoms with Crippen LogP contribution in [0.3, 0.4) is 0 Å². The normalized spacial score (nSPS) is 16.6. The Morgan fingerprint density at radius 2 is 1.74 bits per heavy atom. The monoisotopic (exact) mass is 537 g/mol. The molecule has 10 heteroatoms. The summed E-state index contributed by atoms with van der Waals surface area (Å²) in [4.78, 5) is 0.0245. The lowest BCUT2D eigenvalue weighted by molar-refractivity contribution is 0.402. The van der Waals surface area contributed by atoms with Gasteiger partial charge in [0, 0.05) is 21.5 Å². The molecule has 3 aromatic carbocycles. The minimum Gasteiger partial charge on any atom is -0.495 e. The van der Waals surface area contributed by atoms with E-state index in [1.54, 1.807) is 42.5 Å². The summed E-state index contributed by atoms with van der Waals surface area (Å²) in [5.74, 6) is 0.249. The van der Waals surface area contributed by atoms with E-state index in [0.717, 1.165) is 11.1 Å². The number of halogens is 3. The first-order chi connectivity index (χ1) is 16.2. The van der Waals surface area contributed by atoms with Gasteiger partial charge in [-0.05, 0) is 60.0 Å². The van der Waals surface area contributed by atoms with Crippen LogP contribution in [0.15, 0.2) is 70.7 Å². The highest BCUT2D eigenvalue weighted by Gasteiger charge is 2.33. The summed E-state index contributed by atoms with van der Waals surface area (Å²) >= 11 is 18.6. The second-order valence-corrected chi connectivity index (χ2v) is 10.9. The Morgan fingerprint density at radius 1 is 1.03 bits per heavy atom. The third-order valence-corrected chi connectivity index (χ3v) is 7.81. The van der Waals surface area contributed by atoms with Gasteiger partial charge in [0.25, 0.3) is 0 Å². The number of nitrogens with zero attached hydrogens (tertiary/aromatic N) is 1. The van der Waals surface area contributed by atoms with Crippen molar-refractivity contribution in [1.29, 1.82) is 0 Å². The zero-order chi connectivity index (χ0) is 24.5. The highest BCUT2D eigenvalue weighted by molar-refractivity contribution is 7.89. The number of hydrogen-bond donors (Lipinski definition) is 2. The number of ether oxygens (including phenoxy) is 1. The van der Waals surface area contributed by atoms with Crippen molar-refractivity contribution in [2.75, 3.05) is 7.11 Å².